The molecule has 1 aliphatic carbocycles. The topological polar surface area (TPSA) is 74.2 Å². The van der Waals surface area contributed by atoms with Crippen LogP contribution in [0.5, 0.6) is 0 Å². The molecule has 0 unspecified atom stereocenters. The van der Waals surface area contributed by atoms with Gasteiger partial charge in [-0.1, -0.05) is 32.9 Å². The van der Waals surface area contributed by atoms with Crippen molar-refractivity contribution in [2.45, 2.75) is 71.9 Å². The number of hydrogen-bond acceptors (Lipinski definition) is 5. The van der Waals surface area contributed by atoms with Gasteiger partial charge < -0.3 is 15.0 Å². The summed E-state index contributed by atoms with van der Waals surface area (Å²) in [6, 6.07) is -0.218. The lowest BCUT2D eigenvalue weighted by Gasteiger charge is -2.41. The highest BCUT2D eigenvalue weighted by Gasteiger charge is 2.44. The van der Waals surface area contributed by atoms with Gasteiger partial charge in [-0.05, 0) is 43.9 Å². The number of aromatic nitrogens is 2. The maximum absolute atomic E-state index is 6.10. The van der Waals surface area contributed by atoms with Crippen LogP contribution in [-0.4, -0.2) is 16.7 Å². The summed E-state index contributed by atoms with van der Waals surface area (Å²) in [6.07, 6.45) is 4.08. The first kappa shape index (κ1) is 16.4. The minimum Gasteiger partial charge on any atom is -0.367 e. The molecule has 0 amide bonds. The van der Waals surface area contributed by atoms with Gasteiger partial charge >= 0.3 is 0 Å². The molecule has 0 aliphatic heterocycles. The van der Waals surface area contributed by atoms with E-state index in [-0.39, 0.29) is 12.0 Å². The summed E-state index contributed by atoms with van der Waals surface area (Å²) in [7, 11) is 0. The van der Waals surface area contributed by atoms with Gasteiger partial charge in [0, 0.05) is 6.61 Å². The van der Waals surface area contributed by atoms with E-state index in [2.05, 4.69) is 37.8 Å². The molecule has 2 N–H and O–H groups in total. The maximum atomic E-state index is 6.10. The van der Waals surface area contributed by atoms with Gasteiger partial charge in [-0.2, -0.15) is 4.98 Å². The van der Waals surface area contributed by atoms with E-state index in [1.807, 2.05) is 6.92 Å². The number of nitrogens with zero attached hydrogens (tertiary/aromatic N) is 2. The average molecular weight is 295 g/mol. The van der Waals surface area contributed by atoms with Crippen LogP contribution >= 0.6 is 0 Å². The molecule has 5 nitrogen and oxygen atoms in total. The summed E-state index contributed by atoms with van der Waals surface area (Å²) in [6.45, 7) is 11.4. The molecule has 5 heteroatoms. The Balaban J connectivity index is 2.23. The Bertz CT molecular complexity index is 458. The lowest BCUT2D eigenvalue weighted by Crippen LogP contribution is -2.38. The standard InChI is InChI=1S/C16H29N3O2/c1-6-20-16(9-7-15(4,5)8-10-16)14-18-13(21-19-14)12(17)11(2)3/h11-12H,6-10,17H2,1-5H3/t12-/m1/s1. The fourth-order valence-electron chi connectivity index (χ4n) is 2.88. The molecule has 120 valence electrons. The fraction of sp³-hybridized carbons (Fsp3) is 0.875. The third kappa shape index (κ3) is 3.46. The first-order valence-corrected chi connectivity index (χ1v) is 8.03. The molecule has 1 heterocycles. The molecule has 1 atom stereocenters. The second-order valence-corrected chi connectivity index (χ2v) is 7.32. The maximum Gasteiger partial charge on any atom is 0.243 e. The van der Waals surface area contributed by atoms with E-state index in [0.717, 1.165) is 25.7 Å². The van der Waals surface area contributed by atoms with Crippen LogP contribution in [0.4, 0.5) is 0 Å². The second kappa shape index (κ2) is 6.05. The predicted octanol–water partition coefficient (Wildman–Crippen LogP) is 3.56. The monoisotopic (exact) mass is 295 g/mol. The van der Waals surface area contributed by atoms with E-state index in [9.17, 15) is 0 Å². The highest BCUT2D eigenvalue weighted by molar-refractivity contribution is 5.06. The van der Waals surface area contributed by atoms with Crippen molar-refractivity contribution >= 4 is 0 Å². The fourth-order valence-corrected chi connectivity index (χ4v) is 2.88. The van der Waals surface area contributed by atoms with Crippen LogP contribution in [0, 0.1) is 11.3 Å². The van der Waals surface area contributed by atoms with Crippen LogP contribution in [0.25, 0.3) is 0 Å². The van der Waals surface area contributed by atoms with E-state index in [1.165, 1.54) is 0 Å². The molecule has 0 saturated heterocycles. The lowest BCUT2D eigenvalue weighted by molar-refractivity contribution is -0.0957. The lowest BCUT2D eigenvalue weighted by atomic mass is 9.70. The summed E-state index contributed by atoms with van der Waals surface area (Å²) in [5.41, 5.74) is 6.07. The third-order valence-electron chi connectivity index (χ3n) is 4.68. The molecule has 0 spiro atoms. The van der Waals surface area contributed by atoms with E-state index >= 15 is 0 Å². The van der Waals surface area contributed by atoms with Crippen LogP contribution in [0.3, 0.4) is 0 Å². The summed E-state index contributed by atoms with van der Waals surface area (Å²) in [5.74, 6) is 1.46. The molecule has 1 aromatic rings. The Labute approximate surface area is 127 Å². The Morgan fingerprint density at radius 3 is 2.38 bits per heavy atom. The minimum absolute atomic E-state index is 0.218. The number of ether oxygens (including phenoxy) is 1. The Kier molecular flexibility index (Phi) is 4.73. The Morgan fingerprint density at radius 1 is 1.24 bits per heavy atom. The van der Waals surface area contributed by atoms with Gasteiger partial charge in [-0.15, -0.1) is 0 Å². The molecule has 21 heavy (non-hydrogen) atoms. The molecular weight excluding hydrogens is 266 g/mol. The zero-order valence-electron chi connectivity index (χ0n) is 14.0. The highest BCUT2D eigenvalue weighted by Crippen LogP contribution is 2.46. The normalized spacial score (nSPS) is 22.4. The molecule has 1 fully saturated rings. The van der Waals surface area contributed by atoms with Crippen molar-refractivity contribution in [2.75, 3.05) is 6.61 Å². The van der Waals surface area contributed by atoms with Gasteiger partial charge in [0.25, 0.3) is 0 Å². The number of hydrogen-bond donors (Lipinski definition) is 1. The van der Waals surface area contributed by atoms with Crippen molar-refractivity contribution in [2.24, 2.45) is 17.1 Å². The second-order valence-electron chi connectivity index (χ2n) is 7.32. The molecule has 0 radical (unpaired) electrons. The third-order valence-corrected chi connectivity index (χ3v) is 4.68. The highest BCUT2D eigenvalue weighted by atomic mass is 16.5. The first-order chi connectivity index (χ1) is 9.80. The van der Waals surface area contributed by atoms with E-state index in [4.69, 9.17) is 15.0 Å². The molecule has 0 bridgehead atoms. The summed E-state index contributed by atoms with van der Waals surface area (Å²) < 4.78 is 11.5. The zero-order chi connectivity index (χ0) is 15.7. The summed E-state index contributed by atoms with van der Waals surface area (Å²) in [5, 5.41) is 4.19. The van der Waals surface area contributed by atoms with E-state index in [0.29, 0.717) is 23.7 Å². The van der Waals surface area contributed by atoms with Crippen molar-refractivity contribution in [3.8, 4) is 0 Å². The molecule has 1 aliphatic rings. The van der Waals surface area contributed by atoms with Crippen LogP contribution in [0.15, 0.2) is 4.52 Å². The van der Waals surface area contributed by atoms with Crippen LogP contribution in [0.1, 0.15) is 78.1 Å². The van der Waals surface area contributed by atoms with Crippen molar-refractivity contribution < 1.29 is 9.26 Å². The van der Waals surface area contributed by atoms with Crippen LogP contribution < -0.4 is 5.73 Å². The molecule has 1 saturated carbocycles. The molecule has 2 rings (SSSR count). The van der Waals surface area contributed by atoms with Gasteiger partial charge in [0.05, 0.1) is 6.04 Å². The molecule has 0 aromatic carbocycles. The van der Waals surface area contributed by atoms with Gasteiger partial charge in [0.2, 0.25) is 11.7 Å². The van der Waals surface area contributed by atoms with Crippen molar-refractivity contribution in [3.05, 3.63) is 11.7 Å². The smallest absolute Gasteiger partial charge is 0.243 e. The van der Waals surface area contributed by atoms with Gasteiger partial charge in [0.1, 0.15) is 5.60 Å². The SMILES string of the molecule is CCOC1(c2noc([C@H](N)C(C)C)n2)CCC(C)(C)CC1. The largest absolute Gasteiger partial charge is 0.367 e. The minimum atomic E-state index is -0.400. The van der Waals surface area contributed by atoms with Crippen molar-refractivity contribution in [1.82, 2.24) is 10.1 Å². The Hall–Kier alpha value is -0.940. The zero-order valence-corrected chi connectivity index (χ0v) is 14.0. The summed E-state index contributed by atoms with van der Waals surface area (Å²) in [4.78, 5) is 4.57. The van der Waals surface area contributed by atoms with Gasteiger partial charge in [-0.25, -0.2) is 0 Å². The van der Waals surface area contributed by atoms with Gasteiger partial charge in [-0.3, -0.25) is 0 Å². The molecule has 1 aromatic heterocycles. The Morgan fingerprint density at radius 2 is 1.86 bits per heavy atom. The molecular formula is C16H29N3O2. The van der Waals surface area contributed by atoms with Crippen molar-refractivity contribution in [3.63, 3.8) is 0 Å². The quantitative estimate of drug-likeness (QED) is 0.899. The van der Waals surface area contributed by atoms with E-state index < -0.39 is 5.60 Å². The van der Waals surface area contributed by atoms with Gasteiger partial charge in [0.15, 0.2) is 0 Å². The average Bonchev–Trinajstić information content (AvgIpc) is 2.91. The van der Waals surface area contributed by atoms with E-state index in [1.54, 1.807) is 0 Å². The van der Waals surface area contributed by atoms with Crippen LogP contribution in [0.2, 0.25) is 0 Å². The number of rotatable bonds is 5. The first-order valence-electron chi connectivity index (χ1n) is 8.03. The predicted molar refractivity (Wildman–Crippen MR) is 81.6 cm³/mol. The van der Waals surface area contributed by atoms with Crippen LogP contribution in [-0.2, 0) is 10.3 Å². The van der Waals surface area contributed by atoms with Crippen molar-refractivity contribution in [1.29, 1.82) is 0 Å². The number of nitrogens with two attached hydrogens (primary N) is 1. The summed E-state index contributed by atoms with van der Waals surface area (Å²) >= 11 is 0.